The Morgan fingerprint density at radius 1 is 1.00 bits per heavy atom. The molecule has 0 amide bonds. The molecule has 25 heavy (non-hydrogen) atoms. The molecule has 0 spiro atoms. The van der Waals surface area contributed by atoms with E-state index in [0.717, 1.165) is 21.6 Å². The Morgan fingerprint density at radius 2 is 1.76 bits per heavy atom. The number of thiazole rings is 1. The van der Waals surface area contributed by atoms with E-state index in [0.29, 0.717) is 5.69 Å². The topological polar surface area (TPSA) is 80.9 Å². The number of hydrogen-bond donors (Lipinski definition) is 1. The van der Waals surface area contributed by atoms with Crippen molar-refractivity contribution >= 4 is 17.3 Å². The number of carboxylic acid groups (broad SMARTS) is 1. The molecule has 7 heteroatoms. The number of carboxylic acids is 1. The summed E-state index contributed by atoms with van der Waals surface area (Å²) in [5, 5.41) is 16.7. The second-order valence-corrected chi connectivity index (χ2v) is 6.18. The maximum atomic E-state index is 11.2. The van der Waals surface area contributed by atoms with Gasteiger partial charge in [0, 0.05) is 11.8 Å². The number of benzene rings is 2. The molecule has 2 aromatic carbocycles. The van der Waals surface area contributed by atoms with Crippen molar-refractivity contribution in [1.82, 2.24) is 20.0 Å². The van der Waals surface area contributed by atoms with Gasteiger partial charge in [0.25, 0.3) is 0 Å². The minimum absolute atomic E-state index is 0.0258. The maximum Gasteiger partial charge on any atom is 0.356 e. The van der Waals surface area contributed by atoms with Gasteiger partial charge in [0.05, 0.1) is 22.3 Å². The van der Waals surface area contributed by atoms with Crippen molar-refractivity contribution in [2.24, 2.45) is 0 Å². The van der Waals surface area contributed by atoms with E-state index in [1.807, 2.05) is 48.1 Å². The molecule has 0 aliphatic heterocycles. The van der Waals surface area contributed by atoms with Gasteiger partial charge in [0.2, 0.25) is 0 Å². The molecule has 4 aromatic rings. The van der Waals surface area contributed by atoms with Crippen molar-refractivity contribution in [2.75, 3.05) is 0 Å². The van der Waals surface area contributed by atoms with Crippen LogP contribution < -0.4 is 0 Å². The second-order valence-electron chi connectivity index (χ2n) is 5.29. The molecule has 6 nitrogen and oxygen atoms in total. The van der Waals surface area contributed by atoms with Gasteiger partial charge in [-0.1, -0.05) is 41.6 Å². The normalized spacial score (nSPS) is 10.7. The van der Waals surface area contributed by atoms with Crippen LogP contribution in [0.2, 0.25) is 0 Å². The third-order valence-electron chi connectivity index (χ3n) is 3.82. The summed E-state index contributed by atoms with van der Waals surface area (Å²) in [6, 6.07) is 15.7. The number of nitrogens with zero attached hydrogens (tertiary/aromatic N) is 4. The monoisotopic (exact) mass is 348 g/mol. The molecule has 0 aliphatic carbocycles. The Labute approximate surface area is 147 Å². The molecular formula is C18H12N4O2S. The van der Waals surface area contributed by atoms with Gasteiger partial charge in [-0.2, -0.15) is 0 Å². The molecule has 0 saturated carbocycles. The highest BCUT2D eigenvalue weighted by Gasteiger charge is 2.13. The lowest BCUT2D eigenvalue weighted by atomic mass is 9.99. The maximum absolute atomic E-state index is 11.2. The molecule has 0 saturated heterocycles. The quantitative estimate of drug-likeness (QED) is 0.607. The van der Waals surface area contributed by atoms with E-state index in [2.05, 4.69) is 27.4 Å². The smallest absolute Gasteiger partial charge is 0.356 e. The van der Waals surface area contributed by atoms with Crippen LogP contribution in [-0.4, -0.2) is 31.1 Å². The van der Waals surface area contributed by atoms with Crippen LogP contribution in [0.15, 0.2) is 66.4 Å². The van der Waals surface area contributed by atoms with Gasteiger partial charge >= 0.3 is 5.97 Å². The lowest BCUT2D eigenvalue weighted by Crippen LogP contribution is -2.07. The Bertz CT molecular complexity index is 1020. The fourth-order valence-electron chi connectivity index (χ4n) is 2.65. The summed E-state index contributed by atoms with van der Waals surface area (Å²) in [5.41, 5.74) is 5.73. The van der Waals surface area contributed by atoms with Crippen molar-refractivity contribution in [3.63, 3.8) is 0 Å². The largest absolute Gasteiger partial charge is 0.476 e. The Balaban J connectivity index is 1.75. The average molecular weight is 348 g/mol. The Hall–Kier alpha value is -3.32. The van der Waals surface area contributed by atoms with Crippen LogP contribution in [0.25, 0.3) is 27.3 Å². The number of hydrogen-bond acceptors (Lipinski definition) is 5. The van der Waals surface area contributed by atoms with Crippen LogP contribution in [0.3, 0.4) is 0 Å². The van der Waals surface area contributed by atoms with Gasteiger partial charge in [-0.15, -0.1) is 16.4 Å². The van der Waals surface area contributed by atoms with Crippen molar-refractivity contribution in [3.8, 4) is 27.3 Å². The Morgan fingerprint density at radius 3 is 2.44 bits per heavy atom. The molecule has 2 aromatic heterocycles. The first-order valence-corrected chi connectivity index (χ1v) is 8.35. The molecule has 0 atom stereocenters. The molecule has 4 rings (SSSR count). The highest BCUT2D eigenvalue weighted by atomic mass is 32.1. The third kappa shape index (κ3) is 2.81. The predicted octanol–water partition coefficient (Wildman–Crippen LogP) is 3.76. The first kappa shape index (κ1) is 15.2. The van der Waals surface area contributed by atoms with E-state index >= 15 is 0 Å². The molecule has 2 heterocycles. The van der Waals surface area contributed by atoms with E-state index < -0.39 is 5.97 Å². The van der Waals surface area contributed by atoms with Crippen LogP contribution in [0.1, 0.15) is 10.5 Å². The van der Waals surface area contributed by atoms with Crippen LogP contribution in [0.5, 0.6) is 0 Å². The summed E-state index contributed by atoms with van der Waals surface area (Å²) in [6.07, 6.45) is 3.09. The summed E-state index contributed by atoms with van der Waals surface area (Å²) in [7, 11) is 0. The lowest BCUT2D eigenvalue weighted by molar-refractivity contribution is 0.0687. The highest BCUT2D eigenvalue weighted by Crippen LogP contribution is 2.34. The fourth-order valence-corrected chi connectivity index (χ4v) is 3.31. The molecule has 122 valence electrons. The van der Waals surface area contributed by atoms with Crippen molar-refractivity contribution in [2.45, 2.75) is 0 Å². The van der Waals surface area contributed by atoms with E-state index in [9.17, 15) is 9.90 Å². The predicted molar refractivity (Wildman–Crippen MR) is 94.9 cm³/mol. The molecule has 0 aliphatic rings. The number of aromatic carboxylic acids is 1. The zero-order valence-corrected chi connectivity index (χ0v) is 13.7. The SMILES string of the molecule is O=C(O)c1cnnn1-c1ccc(-c2ccccc2-c2cncs2)cc1. The zero-order valence-electron chi connectivity index (χ0n) is 12.9. The summed E-state index contributed by atoms with van der Waals surface area (Å²) >= 11 is 1.59. The van der Waals surface area contributed by atoms with E-state index in [4.69, 9.17) is 0 Å². The summed E-state index contributed by atoms with van der Waals surface area (Å²) in [4.78, 5) is 16.5. The van der Waals surface area contributed by atoms with Crippen molar-refractivity contribution in [3.05, 3.63) is 72.1 Å². The fraction of sp³-hybridized carbons (Fsp3) is 0. The number of rotatable bonds is 4. The van der Waals surface area contributed by atoms with Gasteiger partial charge in [0.15, 0.2) is 5.69 Å². The standard InChI is InChI=1S/C18H12N4O2S/c23-18(24)16-9-20-21-22(16)13-7-5-12(6-8-13)14-3-1-2-4-15(14)17-10-19-11-25-17/h1-11H,(H,23,24). The van der Waals surface area contributed by atoms with Crippen molar-refractivity contribution in [1.29, 1.82) is 0 Å². The average Bonchev–Trinajstić information content (AvgIpc) is 3.34. The lowest BCUT2D eigenvalue weighted by Gasteiger charge is -2.09. The van der Waals surface area contributed by atoms with Gasteiger partial charge in [0.1, 0.15) is 0 Å². The van der Waals surface area contributed by atoms with Crippen LogP contribution in [0, 0.1) is 0 Å². The molecular weight excluding hydrogens is 336 g/mol. The van der Waals surface area contributed by atoms with E-state index in [-0.39, 0.29) is 5.69 Å². The summed E-state index contributed by atoms with van der Waals surface area (Å²) in [5.74, 6) is -1.07. The molecule has 0 radical (unpaired) electrons. The second kappa shape index (κ2) is 6.29. The minimum atomic E-state index is -1.07. The van der Waals surface area contributed by atoms with Gasteiger partial charge in [-0.05, 0) is 23.3 Å². The van der Waals surface area contributed by atoms with Crippen LogP contribution in [-0.2, 0) is 0 Å². The van der Waals surface area contributed by atoms with Gasteiger partial charge in [-0.25, -0.2) is 9.48 Å². The minimum Gasteiger partial charge on any atom is -0.476 e. The van der Waals surface area contributed by atoms with Gasteiger partial charge in [-0.3, -0.25) is 4.98 Å². The molecule has 0 fully saturated rings. The molecule has 0 unspecified atom stereocenters. The Kier molecular flexibility index (Phi) is 3.83. The number of carbonyl (C=O) groups is 1. The van der Waals surface area contributed by atoms with Crippen molar-refractivity contribution < 1.29 is 9.90 Å². The highest BCUT2D eigenvalue weighted by molar-refractivity contribution is 7.13. The first-order valence-electron chi connectivity index (χ1n) is 7.47. The summed E-state index contributed by atoms with van der Waals surface area (Å²) in [6.45, 7) is 0. The molecule has 1 N–H and O–H groups in total. The van der Waals surface area contributed by atoms with E-state index in [1.54, 1.807) is 11.3 Å². The van der Waals surface area contributed by atoms with Crippen LogP contribution in [0.4, 0.5) is 0 Å². The summed E-state index contributed by atoms with van der Waals surface area (Å²) < 4.78 is 1.31. The zero-order chi connectivity index (χ0) is 17.2. The molecule has 0 bridgehead atoms. The first-order chi connectivity index (χ1) is 12.2. The van der Waals surface area contributed by atoms with Crippen LogP contribution >= 0.6 is 11.3 Å². The number of aromatic nitrogens is 4. The van der Waals surface area contributed by atoms with Gasteiger partial charge < -0.3 is 5.11 Å². The third-order valence-corrected chi connectivity index (χ3v) is 4.62. The van der Waals surface area contributed by atoms with E-state index in [1.165, 1.54) is 10.9 Å².